The smallest absolute Gasteiger partial charge is 0.269 e. The van der Waals surface area contributed by atoms with Gasteiger partial charge in [0.05, 0.1) is 7.05 Å². The second-order valence-electron chi connectivity index (χ2n) is 5.09. The number of furan rings is 1. The molecule has 0 fully saturated rings. The van der Waals surface area contributed by atoms with Gasteiger partial charge < -0.3 is 4.42 Å². The van der Waals surface area contributed by atoms with Gasteiger partial charge >= 0.3 is 0 Å². The molecule has 0 aliphatic carbocycles. The highest BCUT2D eigenvalue weighted by Crippen LogP contribution is 2.24. The van der Waals surface area contributed by atoms with Crippen molar-refractivity contribution in [3.05, 3.63) is 52.7 Å². The first kappa shape index (κ1) is 18.0. The van der Waals surface area contributed by atoms with E-state index < -0.39 is 5.91 Å². The highest BCUT2D eigenvalue weighted by molar-refractivity contribution is 9.10. The third kappa shape index (κ3) is 4.83. The molecule has 2 aromatic heterocycles. The minimum Gasteiger partial charge on any atom is -0.457 e. The van der Waals surface area contributed by atoms with Crippen LogP contribution in [0.25, 0.3) is 17.4 Å². The second-order valence-corrected chi connectivity index (χ2v) is 6.41. The van der Waals surface area contributed by atoms with Crippen LogP contribution in [0.1, 0.15) is 5.76 Å². The van der Waals surface area contributed by atoms with E-state index in [0.717, 1.165) is 10.0 Å². The van der Waals surface area contributed by atoms with Gasteiger partial charge in [0.2, 0.25) is 5.91 Å². The number of aryl methyl sites for hydroxylation is 1. The highest BCUT2D eigenvalue weighted by atomic mass is 79.9. The number of nitrogens with one attached hydrogen (secondary N) is 2. The van der Waals surface area contributed by atoms with Crippen LogP contribution in [0.4, 0.5) is 5.95 Å². The van der Waals surface area contributed by atoms with Crippen LogP contribution in [0.5, 0.6) is 0 Å². The predicted octanol–water partition coefficient (Wildman–Crippen LogP) is 2.76. The van der Waals surface area contributed by atoms with Gasteiger partial charge in [-0.3, -0.25) is 15.4 Å². The van der Waals surface area contributed by atoms with Crippen molar-refractivity contribution >= 4 is 51.2 Å². The van der Waals surface area contributed by atoms with Gasteiger partial charge in [-0.25, -0.2) is 0 Å². The predicted molar refractivity (Wildman–Crippen MR) is 104 cm³/mol. The molecule has 8 nitrogen and oxygen atoms in total. The highest BCUT2D eigenvalue weighted by Gasteiger charge is 2.06. The van der Waals surface area contributed by atoms with Crippen molar-refractivity contribution in [3.63, 3.8) is 0 Å². The molecule has 2 heterocycles. The van der Waals surface area contributed by atoms with E-state index in [9.17, 15) is 4.79 Å². The Bertz CT molecular complexity index is 963. The number of rotatable bonds is 4. The Balaban J connectivity index is 1.56. The number of hydrogen-bond donors (Lipinski definition) is 2. The molecule has 0 saturated carbocycles. The SMILES string of the molecule is Cn1nnc(NC(=S)NC(=O)/C=C/c2ccc(-c3ccc(Br)cc3)o2)n1. The molecule has 132 valence electrons. The number of carbonyl (C=O) groups is 1. The first-order valence-electron chi connectivity index (χ1n) is 7.39. The van der Waals surface area contributed by atoms with Crippen molar-refractivity contribution < 1.29 is 9.21 Å². The van der Waals surface area contributed by atoms with Gasteiger partial charge in [0.1, 0.15) is 11.5 Å². The first-order chi connectivity index (χ1) is 12.5. The number of nitrogens with zero attached hydrogens (tertiary/aromatic N) is 4. The minimum absolute atomic E-state index is 0.0719. The maximum Gasteiger partial charge on any atom is 0.269 e. The summed E-state index contributed by atoms with van der Waals surface area (Å²) in [6.07, 6.45) is 2.88. The Morgan fingerprint density at radius 3 is 2.73 bits per heavy atom. The molecule has 0 radical (unpaired) electrons. The number of thiocarbonyl (C=S) groups is 1. The normalized spacial score (nSPS) is 10.8. The van der Waals surface area contributed by atoms with Crippen LogP contribution in [-0.2, 0) is 11.8 Å². The van der Waals surface area contributed by atoms with Crippen molar-refractivity contribution in [2.24, 2.45) is 7.05 Å². The molecule has 3 rings (SSSR count). The standard InChI is InChI=1S/C16H13BrN6O2S/c1-23-21-15(20-22-23)19-16(26)18-14(24)9-7-12-6-8-13(25-12)10-2-4-11(17)5-3-10/h2-9H,1H3,(H2,18,19,21,24,26)/b9-7+. The number of tetrazole rings is 1. The summed E-state index contributed by atoms with van der Waals surface area (Å²) in [6.45, 7) is 0. The molecule has 0 aliphatic rings. The second kappa shape index (κ2) is 8.02. The van der Waals surface area contributed by atoms with Crippen LogP contribution in [0, 0.1) is 0 Å². The maximum absolute atomic E-state index is 11.9. The molecular formula is C16H13BrN6O2S. The molecule has 3 aromatic rings. The summed E-state index contributed by atoms with van der Waals surface area (Å²) in [6, 6.07) is 11.4. The summed E-state index contributed by atoms with van der Waals surface area (Å²) in [4.78, 5) is 13.2. The Kier molecular flexibility index (Phi) is 5.54. The first-order valence-corrected chi connectivity index (χ1v) is 8.59. The molecule has 10 heteroatoms. The van der Waals surface area contributed by atoms with E-state index >= 15 is 0 Å². The van der Waals surface area contributed by atoms with Gasteiger partial charge in [-0.15, -0.1) is 5.10 Å². The van der Waals surface area contributed by atoms with Crippen molar-refractivity contribution in [3.8, 4) is 11.3 Å². The summed E-state index contributed by atoms with van der Waals surface area (Å²) in [5.41, 5.74) is 0.944. The Morgan fingerprint density at radius 2 is 2.04 bits per heavy atom. The summed E-state index contributed by atoms with van der Waals surface area (Å²) in [5.74, 6) is 1.05. The zero-order valence-corrected chi connectivity index (χ0v) is 15.9. The fourth-order valence-electron chi connectivity index (χ4n) is 1.99. The molecule has 0 atom stereocenters. The number of carbonyl (C=O) groups excluding carboxylic acids is 1. The average Bonchev–Trinajstić information content (AvgIpc) is 3.23. The molecule has 26 heavy (non-hydrogen) atoms. The number of anilines is 1. The number of aromatic nitrogens is 4. The minimum atomic E-state index is -0.409. The molecule has 0 bridgehead atoms. The van der Waals surface area contributed by atoms with Crippen LogP contribution in [-0.4, -0.2) is 31.2 Å². The zero-order chi connectivity index (χ0) is 18.5. The van der Waals surface area contributed by atoms with Gasteiger partial charge in [0.15, 0.2) is 5.11 Å². The third-order valence-corrected chi connectivity index (χ3v) is 3.86. The summed E-state index contributed by atoms with van der Waals surface area (Å²) in [7, 11) is 1.62. The quantitative estimate of drug-likeness (QED) is 0.482. The van der Waals surface area contributed by atoms with E-state index in [-0.39, 0.29) is 11.1 Å². The van der Waals surface area contributed by atoms with Crippen LogP contribution in [0.3, 0.4) is 0 Å². The topological polar surface area (TPSA) is 97.9 Å². The Morgan fingerprint density at radius 1 is 1.27 bits per heavy atom. The molecule has 1 aromatic carbocycles. The van der Waals surface area contributed by atoms with Crippen molar-refractivity contribution in [1.29, 1.82) is 0 Å². The third-order valence-electron chi connectivity index (χ3n) is 3.12. The van der Waals surface area contributed by atoms with Gasteiger partial charge in [0, 0.05) is 16.1 Å². The van der Waals surface area contributed by atoms with Gasteiger partial charge in [0.25, 0.3) is 5.95 Å². The van der Waals surface area contributed by atoms with E-state index in [4.69, 9.17) is 16.6 Å². The van der Waals surface area contributed by atoms with Crippen LogP contribution in [0.15, 0.2) is 51.4 Å². The van der Waals surface area contributed by atoms with E-state index in [0.29, 0.717) is 11.5 Å². The largest absolute Gasteiger partial charge is 0.457 e. The van der Waals surface area contributed by atoms with E-state index in [1.807, 2.05) is 30.3 Å². The monoisotopic (exact) mass is 432 g/mol. The van der Waals surface area contributed by atoms with Gasteiger partial charge in [-0.05, 0) is 47.8 Å². The lowest BCUT2D eigenvalue weighted by Crippen LogP contribution is -2.33. The van der Waals surface area contributed by atoms with Crippen molar-refractivity contribution in [1.82, 2.24) is 25.5 Å². The van der Waals surface area contributed by atoms with Crippen LogP contribution in [0.2, 0.25) is 0 Å². The summed E-state index contributed by atoms with van der Waals surface area (Å²) >= 11 is 8.40. The number of benzene rings is 1. The molecule has 1 amide bonds. The fraction of sp³-hybridized carbons (Fsp3) is 0.0625. The fourth-order valence-corrected chi connectivity index (χ4v) is 2.45. The van der Waals surface area contributed by atoms with Crippen LogP contribution < -0.4 is 10.6 Å². The van der Waals surface area contributed by atoms with Crippen molar-refractivity contribution in [2.45, 2.75) is 0 Å². The van der Waals surface area contributed by atoms with Gasteiger partial charge in [-0.2, -0.15) is 4.80 Å². The van der Waals surface area contributed by atoms with E-state index in [1.165, 1.54) is 10.9 Å². The summed E-state index contributed by atoms with van der Waals surface area (Å²) < 4.78 is 6.69. The lowest BCUT2D eigenvalue weighted by Gasteiger charge is -2.03. The van der Waals surface area contributed by atoms with Crippen molar-refractivity contribution in [2.75, 3.05) is 5.32 Å². The van der Waals surface area contributed by atoms with Gasteiger partial charge in [-0.1, -0.05) is 33.2 Å². The molecule has 2 N–H and O–H groups in total. The maximum atomic E-state index is 11.9. The molecule has 0 unspecified atom stereocenters. The number of halogens is 1. The number of amides is 1. The van der Waals surface area contributed by atoms with E-state index in [2.05, 4.69) is 42.0 Å². The Labute approximate surface area is 162 Å². The molecule has 0 aliphatic heterocycles. The zero-order valence-electron chi connectivity index (χ0n) is 13.5. The number of hydrogen-bond acceptors (Lipinski definition) is 6. The summed E-state index contributed by atoms with van der Waals surface area (Å²) in [5, 5.41) is 16.5. The average molecular weight is 433 g/mol. The lowest BCUT2D eigenvalue weighted by molar-refractivity contribution is -0.115. The molecule has 0 spiro atoms. The lowest BCUT2D eigenvalue weighted by atomic mass is 10.2. The molecule has 0 saturated heterocycles. The van der Waals surface area contributed by atoms with E-state index in [1.54, 1.807) is 19.2 Å². The molecular weight excluding hydrogens is 420 g/mol. The Hall–Kier alpha value is -2.85. The van der Waals surface area contributed by atoms with Crippen LogP contribution >= 0.6 is 28.1 Å².